The zero-order valence-electron chi connectivity index (χ0n) is 19.6. The van der Waals surface area contributed by atoms with E-state index in [0.717, 1.165) is 15.8 Å². The van der Waals surface area contributed by atoms with E-state index in [-0.39, 0.29) is 44.0 Å². The van der Waals surface area contributed by atoms with Crippen molar-refractivity contribution in [3.05, 3.63) is 71.3 Å². The van der Waals surface area contributed by atoms with Crippen molar-refractivity contribution in [3.63, 3.8) is 0 Å². The molecule has 5 rings (SSSR count). The average molecular weight is 488 g/mol. The van der Waals surface area contributed by atoms with Gasteiger partial charge in [0, 0.05) is 29.5 Å². The van der Waals surface area contributed by atoms with E-state index in [1.807, 2.05) is 25.1 Å². The smallest absolute Gasteiger partial charge is 0.306 e. The molecule has 9 nitrogen and oxygen atoms in total. The molecule has 0 saturated carbocycles. The molecule has 3 aromatic rings. The van der Waals surface area contributed by atoms with Crippen LogP contribution in [0.3, 0.4) is 0 Å². The summed E-state index contributed by atoms with van der Waals surface area (Å²) in [5.41, 5.74) is 1.77. The number of benzene rings is 3. The number of nitrogens with one attached hydrogen (secondary N) is 1. The van der Waals surface area contributed by atoms with Crippen molar-refractivity contribution in [2.24, 2.45) is 0 Å². The van der Waals surface area contributed by atoms with Crippen molar-refractivity contribution in [2.45, 2.75) is 25.8 Å². The van der Waals surface area contributed by atoms with Crippen molar-refractivity contribution >= 4 is 34.5 Å². The molecule has 0 spiro atoms. The first kappa shape index (κ1) is 23.3. The summed E-state index contributed by atoms with van der Waals surface area (Å²) in [5, 5.41) is 4.26. The van der Waals surface area contributed by atoms with E-state index >= 15 is 0 Å². The first-order valence-corrected chi connectivity index (χ1v) is 11.6. The molecule has 9 heteroatoms. The third-order valence-electron chi connectivity index (χ3n) is 6.26. The highest BCUT2D eigenvalue weighted by Gasteiger charge is 2.32. The minimum Gasteiger partial charge on any atom is -0.456 e. The SMILES string of the molecule is CC(NC(=O)COC(=O)CCCN1C(=O)c2cccc3cccc(c23)C1=O)c1ccc2c(c1)OCO2. The van der Waals surface area contributed by atoms with E-state index in [1.54, 1.807) is 36.4 Å². The second kappa shape index (κ2) is 9.69. The Kier molecular flexibility index (Phi) is 6.28. The lowest BCUT2D eigenvalue weighted by atomic mass is 9.94. The van der Waals surface area contributed by atoms with Crippen LogP contribution in [0.5, 0.6) is 11.5 Å². The Labute approximate surface area is 206 Å². The number of imide groups is 1. The second-order valence-electron chi connectivity index (χ2n) is 8.64. The van der Waals surface area contributed by atoms with Gasteiger partial charge in [-0.05, 0) is 48.6 Å². The second-order valence-corrected chi connectivity index (χ2v) is 8.64. The van der Waals surface area contributed by atoms with Crippen LogP contribution in [-0.4, -0.2) is 48.5 Å². The van der Waals surface area contributed by atoms with Crippen LogP contribution >= 0.6 is 0 Å². The fraction of sp³-hybridized carbons (Fsp3) is 0.259. The molecule has 0 fully saturated rings. The molecular weight excluding hydrogens is 464 g/mol. The number of carbonyl (C=O) groups is 4. The molecule has 0 aromatic heterocycles. The van der Waals surface area contributed by atoms with Crippen molar-refractivity contribution in [2.75, 3.05) is 19.9 Å². The molecule has 36 heavy (non-hydrogen) atoms. The van der Waals surface area contributed by atoms with Gasteiger partial charge in [0.1, 0.15) is 0 Å². The average Bonchev–Trinajstić information content (AvgIpc) is 3.36. The van der Waals surface area contributed by atoms with Crippen LogP contribution in [-0.2, 0) is 14.3 Å². The molecule has 2 aliphatic heterocycles. The molecule has 1 N–H and O–H groups in total. The Balaban J connectivity index is 1.09. The zero-order valence-corrected chi connectivity index (χ0v) is 19.6. The van der Waals surface area contributed by atoms with Gasteiger partial charge in [-0.3, -0.25) is 24.1 Å². The lowest BCUT2D eigenvalue weighted by molar-refractivity contribution is -0.148. The number of rotatable bonds is 8. The van der Waals surface area contributed by atoms with Gasteiger partial charge in [-0.2, -0.15) is 0 Å². The summed E-state index contributed by atoms with van der Waals surface area (Å²) < 4.78 is 15.7. The van der Waals surface area contributed by atoms with Gasteiger partial charge >= 0.3 is 5.97 Å². The van der Waals surface area contributed by atoms with Gasteiger partial charge in [0.05, 0.1) is 6.04 Å². The molecule has 2 heterocycles. The van der Waals surface area contributed by atoms with Gasteiger partial charge in [-0.25, -0.2) is 0 Å². The summed E-state index contributed by atoms with van der Waals surface area (Å²) >= 11 is 0. The molecule has 0 radical (unpaired) electrons. The third kappa shape index (κ3) is 4.47. The minimum atomic E-state index is -0.583. The number of fused-ring (bicyclic) bond motifs is 1. The molecule has 1 atom stereocenters. The predicted molar refractivity (Wildman–Crippen MR) is 129 cm³/mol. The van der Waals surface area contributed by atoms with Crippen LogP contribution in [0.2, 0.25) is 0 Å². The topological polar surface area (TPSA) is 111 Å². The molecule has 1 unspecified atom stereocenters. The van der Waals surface area contributed by atoms with E-state index in [1.165, 1.54) is 0 Å². The lowest BCUT2D eigenvalue weighted by Gasteiger charge is -2.27. The molecule has 2 aliphatic rings. The minimum absolute atomic E-state index is 0.0338. The van der Waals surface area contributed by atoms with Gasteiger partial charge in [0.15, 0.2) is 18.1 Å². The largest absolute Gasteiger partial charge is 0.456 e. The fourth-order valence-corrected chi connectivity index (χ4v) is 4.43. The van der Waals surface area contributed by atoms with Gasteiger partial charge in [-0.15, -0.1) is 0 Å². The first-order chi connectivity index (χ1) is 17.4. The van der Waals surface area contributed by atoms with Crippen LogP contribution in [0.25, 0.3) is 10.8 Å². The number of nitrogens with zero attached hydrogens (tertiary/aromatic N) is 1. The summed E-state index contributed by atoms with van der Waals surface area (Å²) in [7, 11) is 0. The fourth-order valence-electron chi connectivity index (χ4n) is 4.43. The number of amides is 3. The molecule has 3 amide bonds. The van der Waals surface area contributed by atoms with E-state index in [2.05, 4.69) is 5.32 Å². The number of ether oxygens (including phenoxy) is 3. The van der Waals surface area contributed by atoms with Gasteiger partial charge in [0.2, 0.25) is 6.79 Å². The maximum absolute atomic E-state index is 12.9. The highest BCUT2D eigenvalue weighted by atomic mass is 16.7. The van der Waals surface area contributed by atoms with Crippen LogP contribution in [0.15, 0.2) is 54.6 Å². The number of hydrogen-bond acceptors (Lipinski definition) is 7. The number of hydrogen-bond donors (Lipinski definition) is 1. The van der Waals surface area contributed by atoms with Crippen LogP contribution < -0.4 is 14.8 Å². The first-order valence-electron chi connectivity index (χ1n) is 11.6. The predicted octanol–water partition coefficient (Wildman–Crippen LogP) is 3.37. The van der Waals surface area contributed by atoms with Gasteiger partial charge < -0.3 is 19.5 Å². The zero-order chi connectivity index (χ0) is 25.2. The van der Waals surface area contributed by atoms with Gasteiger partial charge in [-0.1, -0.05) is 30.3 Å². The van der Waals surface area contributed by atoms with Crippen LogP contribution in [0.4, 0.5) is 0 Å². The van der Waals surface area contributed by atoms with Crippen molar-refractivity contribution in [1.29, 1.82) is 0 Å². The van der Waals surface area contributed by atoms with E-state index in [0.29, 0.717) is 28.0 Å². The van der Waals surface area contributed by atoms with Crippen molar-refractivity contribution < 1.29 is 33.4 Å². The summed E-state index contributed by atoms with van der Waals surface area (Å²) in [6.45, 7) is 1.62. The quantitative estimate of drug-likeness (QED) is 0.382. The van der Waals surface area contributed by atoms with Crippen LogP contribution in [0, 0.1) is 0 Å². The van der Waals surface area contributed by atoms with E-state index < -0.39 is 18.5 Å². The Morgan fingerprint density at radius 1 is 1.00 bits per heavy atom. The Bertz CT molecular complexity index is 1330. The highest BCUT2D eigenvalue weighted by Crippen LogP contribution is 2.34. The molecule has 3 aromatic carbocycles. The lowest BCUT2D eigenvalue weighted by Crippen LogP contribution is -2.41. The Morgan fingerprint density at radius 2 is 1.69 bits per heavy atom. The summed E-state index contributed by atoms with van der Waals surface area (Å²) in [6, 6.07) is 15.8. The van der Waals surface area contributed by atoms with E-state index in [9.17, 15) is 19.2 Å². The molecular formula is C27H24N2O7. The number of esters is 1. The molecule has 0 aliphatic carbocycles. The van der Waals surface area contributed by atoms with Gasteiger partial charge in [0.25, 0.3) is 17.7 Å². The highest BCUT2D eigenvalue weighted by molar-refractivity contribution is 6.25. The standard InChI is InChI=1S/C27H24N2O7/c1-16(18-10-11-21-22(13-18)36-15-35-21)28-23(30)14-34-24(31)9-4-12-29-26(32)19-7-2-5-17-6-3-8-20(25(17)19)27(29)33/h2-3,5-8,10-11,13,16H,4,9,12,14-15H2,1H3,(H,28,30). The van der Waals surface area contributed by atoms with Crippen molar-refractivity contribution in [1.82, 2.24) is 10.2 Å². The number of carbonyl (C=O) groups excluding carboxylic acids is 4. The molecule has 184 valence electrons. The normalized spacial score (nSPS) is 14.6. The third-order valence-corrected chi connectivity index (χ3v) is 6.26. The van der Waals surface area contributed by atoms with Crippen molar-refractivity contribution in [3.8, 4) is 11.5 Å². The maximum atomic E-state index is 12.9. The molecule has 0 saturated heterocycles. The maximum Gasteiger partial charge on any atom is 0.306 e. The molecule has 0 bridgehead atoms. The summed E-state index contributed by atoms with van der Waals surface area (Å²) in [6.07, 6.45) is 0.192. The Hall–Kier alpha value is -4.40. The van der Waals surface area contributed by atoms with Crippen LogP contribution in [0.1, 0.15) is 52.1 Å². The summed E-state index contributed by atoms with van der Waals surface area (Å²) in [4.78, 5) is 51.4. The summed E-state index contributed by atoms with van der Waals surface area (Å²) in [5.74, 6) is -0.518. The Morgan fingerprint density at radius 3 is 2.42 bits per heavy atom. The monoisotopic (exact) mass is 488 g/mol. The van der Waals surface area contributed by atoms with E-state index in [4.69, 9.17) is 14.2 Å².